The van der Waals surface area contributed by atoms with Crippen molar-refractivity contribution in [2.45, 2.75) is 190 Å². The minimum absolute atomic E-state index is 0.324. The van der Waals surface area contributed by atoms with Gasteiger partial charge in [0.1, 0.15) is 36.6 Å². The molecule has 4 unspecified atom stereocenters. The van der Waals surface area contributed by atoms with Gasteiger partial charge in [0.25, 0.3) is 0 Å². The Bertz CT molecular complexity index is 570. The summed E-state index contributed by atoms with van der Waals surface area (Å²) in [6.45, 7) is 0. The molecule has 0 aromatic rings. The van der Waals surface area contributed by atoms with Gasteiger partial charge in [-0.25, -0.2) is 0 Å². The van der Waals surface area contributed by atoms with Crippen molar-refractivity contribution in [3.63, 3.8) is 0 Å². The Balaban J connectivity index is 1.18. The molecular formula is C32H56O6. The zero-order valence-corrected chi connectivity index (χ0v) is 23.9. The summed E-state index contributed by atoms with van der Waals surface area (Å²) in [5.74, 6) is 0.648. The maximum absolute atomic E-state index is 11.4. The monoisotopic (exact) mass is 536 g/mol. The van der Waals surface area contributed by atoms with Crippen molar-refractivity contribution >= 4 is 0 Å². The summed E-state index contributed by atoms with van der Waals surface area (Å²) in [6.07, 6.45) is 23.2. The van der Waals surface area contributed by atoms with Crippen LogP contribution in [0.3, 0.4) is 0 Å². The molecule has 3 aliphatic carbocycles. The van der Waals surface area contributed by atoms with E-state index in [1.54, 1.807) is 0 Å². The van der Waals surface area contributed by atoms with E-state index in [0.717, 1.165) is 25.7 Å². The van der Waals surface area contributed by atoms with Crippen LogP contribution in [0.25, 0.3) is 0 Å². The van der Waals surface area contributed by atoms with Gasteiger partial charge < -0.3 is 29.2 Å². The van der Waals surface area contributed by atoms with Crippen LogP contribution in [-0.2, 0) is 18.9 Å². The molecule has 0 aromatic carbocycles. The van der Waals surface area contributed by atoms with Gasteiger partial charge in [0.2, 0.25) is 0 Å². The summed E-state index contributed by atoms with van der Waals surface area (Å²) >= 11 is 0. The van der Waals surface area contributed by atoms with Crippen LogP contribution in [0.5, 0.6) is 0 Å². The van der Waals surface area contributed by atoms with Gasteiger partial charge >= 0.3 is 0 Å². The van der Waals surface area contributed by atoms with E-state index in [-0.39, 0.29) is 12.6 Å². The normalized spacial score (nSPS) is 42.2. The lowest BCUT2D eigenvalue weighted by Crippen LogP contribution is -2.61. The highest BCUT2D eigenvalue weighted by Gasteiger charge is 2.61. The SMILES string of the molecule is OC1[C@H]2OC(C3CCCCCCCCCCC3)O[C@H]2C(O)[C@@H]2OC(C3CCCCCCCCCCC3)O[C@@H]12. The third kappa shape index (κ3) is 7.53. The van der Waals surface area contributed by atoms with E-state index in [0.29, 0.717) is 11.8 Å². The zero-order chi connectivity index (χ0) is 26.2. The molecule has 2 N–H and O–H groups in total. The molecule has 0 radical (unpaired) electrons. The van der Waals surface area contributed by atoms with Crippen LogP contribution in [0.15, 0.2) is 0 Å². The first kappa shape index (κ1) is 29.3. The van der Waals surface area contributed by atoms with Crippen molar-refractivity contribution in [2.75, 3.05) is 0 Å². The number of ether oxygens (including phenoxy) is 4. The third-order valence-corrected chi connectivity index (χ3v) is 10.2. The largest absolute Gasteiger partial charge is 0.387 e. The van der Waals surface area contributed by atoms with Gasteiger partial charge in [0.15, 0.2) is 12.6 Å². The van der Waals surface area contributed by atoms with Crippen LogP contribution in [0.4, 0.5) is 0 Å². The van der Waals surface area contributed by atoms with E-state index >= 15 is 0 Å². The average molecular weight is 537 g/mol. The number of hydrogen-bond donors (Lipinski definition) is 2. The summed E-state index contributed by atoms with van der Waals surface area (Å²) in [5.41, 5.74) is 0. The molecule has 0 amide bonds. The molecule has 2 aliphatic heterocycles. The molecule has 2 heterocycles. The topological polar surface area (TPSA) is 77.4 Å². The average Bonchev–Trinajstić information content (AvgIpc) is 3.54. The van der Waals surface area contributed by atoms with Gasteiger partial charge in [0.05, 0.1) is 0 Å². The molecule has 38 heavy (non-hydrogen) atoms. The lowest BCUT2D eigenvalue weighted by atomic mass is 9.85. The van der Waals surface area contributed by atoms with Crippen molar-refractivity contribution in [2.24, 2.45) is 11.8 Å². The zero-order valence-electron chi connectivity index (χ0n) is 23.9. The highest BCUT2D eigenvalue weighted by atomic mass is 16.8. The molecule has 0 spiro atoms. The lowest BCUT2D eigenvalue weighted by Gasteiger charge is -2.38. The molecule has 220 valence electrons. The second kappa shape index (κ2) is 15.1. The molecule has 0 bridgehead atoms. The number of hydrogen-bond acceptors (Lipinski definition) is 6. The number of fused-ring (bicyclic) bond motifs is 2. The number of rotatable bonds is 2. The van der Waals surface area contributed by atoms with Gasteiger partial charge in [-0.2, -0.15) is 0 Å². The number of aliphatic hydroxyl groups is 2. The minimum Gasteiger partial charge on any atom is -0.387 e. The fourth-order valence-electron chi connectivity index (χ4n) is 7.85. The van der Waals surface area contributed by atoms with Gasteiger partial charge in [-0.3, -0.25) is 0 Å². The highest BCUT2D eigenvalue weighted by molar-refractivity contribution is 5.06. The van der Waals surface area contributed by atoms with E-state index in [2.05, 4.69) is 0 Å². The Morgan fingerprint density at radius 2 is 0.526 bits per heavy atom. The fourth-order valence-corrected chi connectivity index (χ4v) is 7.85. The van der Waals surface area contributed by atoms with Crippen molar-refractivity contribution in [3.8, 4) is 0 Å². The second-order valence-corrected chi connectivity index (χ2v) is 13.2. The molecular weight excluding hydrogens is 480 g/mol. The van der Waals surface area contributed by atoms with Crippen LogP contribution >= 0.6 is 0 Å². The molecule has 5 aliphatic rings. The van der Waals surface area contributed by atoms with Crippen molar-refractivity contribution < 1.29 is 29.2 Å². The number of aliphatic hydroxyl groups excluding tert-OH is 2. The standard InChI is InChI=1S/C32H56O6/c33-25-27-28(36-31(35-27)23-19-15-11-7-3-1-4-8-12-16-20-23)26(34)30-29(25)37-32(38-30)24-21-17-13-9-5-2-6-10-14-18-22-24/h23-34H,1-22H2/t25?,26?,27-,28-,29-,30+,31?,32?/m0/s1. The van der Waals surface area contributed by atoms with Crippen LogP contribution in [-0.4, -0.2) is 59.4 Å². The van der Waals surface area contributed by atoms with Crippen LogP contribution < -0.4 is 0 Å². The molecule has 3 saturated carbocycles. The van der Waals surface area contributed by atoms with Crippen LogP contribution in [0.1, 0.15) is 141 Å². The van der Waals surface area contributed by atoms with Crippen LogP contribution in [0.2, 0.25) is 0 Å². The van der Waals surface area contributed by atoms with Crippen molar-refractivity contribution in [1.82, 2.24) is 0 Å². The molecule has 6 nitrogen and oxygen atoms in total. The van der Waals surface area contributed by atoms with Gasteiger partial charge in [-0.05, 0) is 25.7 Å². The summed E-state index contributed by atoms with van der Waals surface area (Å²) < 4.78 is 25.7. The van der Waals surface area contributed by atoms with Gasteiger partial charge in [-0.15, -0.1) is 0 Å². The predicted octanol–water partition coefficient (Wildman–Crippen LogP) is 6.78. The Labute approximate surface area is 231 Å². The highest BCUT2D eigenvalue weighted by Crippen LogP contribution is 2.44. The molecule has 0 aromatic heterocycles. The van der Waals surface area contributed by atoms with Gasteiger partial charge in [-0.1, -0.05) is 116 Å². The van der Waals surface area contributed by atoms with Crippen molar-refractivity contribution in [1.29, 1.82) is 0 Å². The van der Waals surface area contributed by atoms with Crippen molar-refractivity contribution in [3.05, 3.63) is 0 Å². The Kier molecular flexibility index (Phi) is 11.6. The van der Waals surface area contributed by atoms with E-state index in [1.165, 1.54) is 116 Å². The summed E-state index contributed by atoms with van der Waals surface area (Å²) in [7, 11) is 0. The molecule has 5 rings (SSSR count). The van der Waals surface area contributed by atoms with E-state index < -0.39 is 36.6 Å². The Hall–Kier alpha value is -0.240. The minimum atomic E-state index is -0.833. The Morgan fingerprint density at radius 3 is 0.763 bits per heavy atom. The summed E-state index contributed by atoms with van der Waals surface area (Å²) in [6, 6.07) is 0. The van der Waals surface area contributed by atoms with E-state index in [1.807, 2.05) is 0 Å². The Morgan fingerprint density at radius 1 is 0.316 bits per heavy atom. The molecule has 6 heteroatoms. The van der Waals surface area contributed by atoms with Crippen LogP contribution in [0, 0.1) is 11.8 Å². The maximum atomic E-state index is 11.4. The van der Waals surface area contributed by atoms with E-state index in [9.17, 15) is 10.2 Å². The third-order valence-electron chi connectivity index (χ3n) is 10.2. The smallest absolute Gasteiger partial charge is 0.161 e. The summed E-state index contributed by atoms with van der Waals surface area (Å²) in [4.78, 5) is 0. The first-order chi connectivity index (χ1) is 18.7. The lowest BCUT2D eigenvalue weighted by molar-refractivity contribution is -0.152. The predicted molar refractivity (Wildman–Crippen MR) is 148 cm³/mol. The maximum Gasteiger partial charge on any atom is 0.161 e. The first-order valence-electron chi connectivity index (χ1n) is 16.7. The molecule has 8 atom stereocenters. The van der Waals surface area contributed by atoms with E-state index in [4.69, 9.17) is 18.9 Å². The van der Waals surface area contributed by atoms with Gasteiger partial charge in [0, 0.05) is 11.8 Å². The fraction of sp³-hybridized carbons (Fsp3) is 1.00. The second-order valence-electron chi connectivity index (χ2n) is 13.2. The molecule has 5 fully saturated rings. The quantitative estimate of drug-likeness (QED) is 0.405. The summed E-state index contributed by atoms with van der Waals surface area (Å²) in [5, 5.41) is 22.8. The first-order valence-corrected chi connectivity index (χ1v) is 16.7. The molecule has 2 saturated heterocycles.